The van der Waals surface area contributed by atoms with Crippen LogP contribution in [-0.4, -0.2) is 17.1 Å². The van der Waals surface area contributed by atoms with Crippen LogP contribution in [0.1, 0.15) is 41.8 Å². The van der Waals surface area contributed by atoms with E-state index in [0.29, 0.717) is 6.04 Å². The monoisotopic (exact) mass is 321 g/mol. The van der Waals surface area contributed by atoms with Gasteiger partial charge in [-0.3, -0.25) is 0 Å². The predicted octanol–water partition coefficient (Wildman–Crippen LogP) is 4.10. The van der Waals surface area contributed by atoms with E-state index in [9.17, 15) is 4.79 Å². The molecule has 1 heterocycles. The molecule has 1 aromatic heterocycles. The minimum atomic E-state index is -0.914. The van der Waals surface area contributed by atoms with E-state index in [1.165, 1.54) is 25.7 Å². The number of aromatic carboxylic acids is 1. The number of halogens is 1. The van der Waals surface area contributed by atoms with Crippen molar-refractivity contribution in [3.05, 3.63) is 47.7 Å². The summed E-state index contributed by atoms with van der Waals surface area (Å²) in [4.78, 5) is 10.8. The number of hydrogen-bond acceptors (Lipinski definition) is 3. The molecule has 5 heteroatoms. The fourth-order valence-electron chi connectivity index (χ4n) is 2.78. The van der Waals surface area contributed by atoms with Gasteiger partial charge in [0.25, 0.3) is 0 Å². The van der Waals surface area contributed by atoms with Crippen LogP contribution in [-0.2, 0) is 6.54 Å². The van der Waals surface area contributed by atoms with E-state index in [2.05, 4.69) is 5.32 Å². The van der Waals surface area contributed by atoms with Crippen molar-refractivity contribution in [1.82, 2.24) is 5.32 Å². The van der Waals surface area contributed by atoms with Gasteiger partial charge >= 0.3 is 5.97 Å². The summed E-state index contributed by atoms with van der Waals surface area (Å²) in [6.07, 6.45) is 5.14. The van der Waals surface area contributed by atoms with E-state index in [0.717, 1.165) is 23.6 Å². The smallest absolute Gasteiger partial charge is 0.335 e. The molecule has 0 radical (unpaired) electrons. The van der Waals surface area contributed by atoms with Gasteiger partial charge in [-0.25, -0.2) is 4.79 Å². The molecule has 1 aliphatic carbocycles. The first kappa shape index (κ1) is 16.6. The van der Waals surface area contributed by atoms with Gasteiger partial charge in [0.1, 0.15) is 11.5 Å². The SMILES string of the molecule is Cl.O=C(O)c1ccc(-c2ccc(CNC3CCCC3)o2)cc1. The van der Waals surface area contributed by atoms with Gasteiger partial charge in [0, 0.05) is 11.6 Å². The average Bonchev–Trinajstić information content (AvgIpc) is 3.17. The summed E-state index contributed by atoms with van der Waals surface area (Å²) in [5.74, 6) is 0.775. The third-order valence-electron chi connectivity index (χ3n) is 4.00. The maximum Gasteiger partial charge on any atom is 0.335 e. The Morgan fingerprint density at radius 3 is 2.45 bits per heavy atom. The Bertz CT molecular complexity index is 615. The van der Waals surface area contributed by atoms with Crippen LogP contribution in [0.25, 0.3) is 11.3 Å². The van der Waals surface area contributed by atoms with E-state index in [4.69, 9.17) is 9.52 Å². The number of carboxylic acid groups (broad SMARTS) is 1. The van der Waals surface area contributed by atoms with Crippen LogP contribution in [0.4, 0.5) is 0 Å². The molecule has 1 aromatic carbocycles. The standard InChI is InChI=1S/C17H19NO3.ClH/c19-17(20)13-7-5-12(6-8-13)16-10-9-15(21-16)11-18-14-3-1-2-4-14;/h5-10,14,18H,1-4,11H2,(H,19,20);1H. The molecule has 0 amide bonds. The molecule has 0 aliphatic heterocycles. The zero-order valence-electron chi connectivity index (χ0n) is 12.2. The molecule has 0 unspecified atom stereocenters. The molecule has 2 aromatic rings. The summed E-state index contributed by atoms with van der Waals surface area (Å²) in [5.41, 5.74) is 1.18. The van der Waals surface area contributed by atoms with Crippen molar-refractivity contribution >= 4 is 18.4 Å². The van der Waals surface area contributed by atoms with Gasteiger partial charge in [-0.15, -0.1) is 12.4 Å². The number of carboxylic acids is 1. The fraction of sp³-hybridized carbons (Fsp3) is 0.353. The molecule has 1 aliphatic rings. The van der Waals surface area contributed by atoms with Crippen LogP contribution in [0.2, 0.25) is 0 Å². The highest BCUT2D eigenvalue weighted by Crippen LogP contribution is 2.23. The molecule has 4 nitrogen and oxygen atoms in total. The summed E-state index contributed by atoms with van der Waals surface area (Å²) >= 11 is 0. The Morgan fingerprint density at radius 1 is 1.14 bits per heavy atom. The number of rotatable bonds is 5. The summed E-state index contributed by atoms with van der Waals surface area (Å²) in [6, 6.07) is 11.3. The van der Waals surface area contributed by atoms with E-state index < -0.39 is 5.97 Å². The molecule has 118 valence electrons. The van der Waals surface area contributed by atoms with Gasteiger partial charge in [-0.05, 0) is 37.1 Å². The van der Waals surface area contributed by atoms with Crippen molar-refractivity contribution in [1.29, 1.82) is 0 Å². The quantitative estimate of drug-likeness (QED) is 0.870. The van der Waals surface area contributed by atoms with Crippen molar-refractivity contribution < 1.29 is 14.3 Å². The fourth-order valence-corrected chi connectivity index (χ4v) is 2.78. The van der Waals surface area contributed by atoms with Crippen molar-refractivity contribution in [2.75, 3.05) is 0 Å². The number of furan rings is 1. The van der Waals surface area contributed by atoms with Gasteiger partial charge in [-0.1, -0.05) is 25.0 Å². The second-order valence-electron chi connectivity index (χ2n) is 5.51. The van der Waals surface area contributed by atoms with Crippen molar-refractivity contribution in [2.45, 2.75) is 38.3 Å². The van der Waals surface area contributed by atoms with Gasteiger partial charge in [0.2, 0.25) is 0 Å². The van der Waals surface area contributed by atoms with E-state index in [-0.39, 0.29) is 18.0 Å². The summed E-state index contributed by atoms with van der Waals surface area (Å²) in [6.45, 7) is 0.748. The third kappa shape index (κ3) is 3.90. The zero-order valence-corrected chi connectivity index (χ0v) is 13.1. The maximum atomic E-state index is 10.8. The zero-order chi connectivity index (χ0) is 14.7. The average molecular weight is 322 g/mol. The highest BCUT2D eigenvalue weighted by molar-refractivity contribution is 5.88. The molecule has 1 fully saturated rings. The van der Waals surface area contributed by atoms with E-state index in [1.807, 2.05) is 12.1 Å². The molecule has 1 saturated carbocycles. The van der Waals surface area contributed by atoms with E-state index >= 15 is 0 Å². The van der Waals surface area contributed by atoms with Crippen LogP contribution < -0.4 is 5.32 Å². The van der Waals surface area contributed by atoms with Crippen LogP contribution in [0.15, 0.2) is 40.8 Å². The molecule has 2 N–H and O–H groups in total. The molecule has 0 bridgehead atoms. The van der Waals surface area contributed by atoms with Crippen LogP contribution in [0.5, 0.6) is 0 Å². The molecular weight excluding hydrogens is 302 g/mol. The van der Waals surface area contributed by atoms with Crippen LogP contribution in [0.3, 0.4) is 0 Å². The Morgan fingerprint density at radius 2 is 1.82 bits per heavy atom. The molecule has 0 saturated heterocycles. The topological polar surface area (TPSA) is 62.5 Å². The highest BCUT2D eigenvalue weighted by atomic mass is 35.5. The lowest BCUT2D eigenvalue weighted by Crippen LogP contribution is -2.24. The van der Waals surface area contributed by atoms with Crippen molar-refractivity contribution in [2.24, 2.45) is 0 Å². The Hall–Kier alpha value is -1.78. The molecule has 0 spiro atoms. The van der Waals surface area contributed by atoms with Crippen LogP contribution >= 0.6 is 12.4 Å². The first-order chi connectivity index (χ1) is 10.2. The largest absolute Gasteiger partial charge is 0.478 e. The van der Waals surface area contributed by atoms with E-state index in [1.54, 1.807) is 24.3 Å². The summed E-state index contributed by atoms with van der Waals surface area (Å²) in [7, 11) is 0. The van der Waals surface area contributed by atoms with Gasteiger partial charge in [0.05, 0.1) is 12.1 Å². The molecule has 0 atom stereocenters. The van der Waals surface area contributed by atoms with Crippen molar-refractivity contribution in [3.63, 3.8) is 0 Å². The summed E-state index contributed by atoms with van der Waals surface area (Å²) < 4.78 is 5.82. The minimum Gasteiger partial charge on any atom is -0.478 e. The minimum absolute atomic E-state index is 0. The second kappa shape index (κ2) is 7.47. The third-order valence-corrected chi connectivity index (χ3v) is 4.00. The molecule has 22 heavy (non-hydrogen) atoms. The van der Waals surface area contributed by atoms with Gasteiger partial charge < -0.3 is 14.8 Å². The molecule has 3 rings (SSSR count). The Kier molecular flexibility index (Phi) is 5.63. The Labute approximate surface area is 135 Å². The number of carbonyl (C=O) groups is 1. The van der Waals surface area contributed by atoms with Gasteiger partial charge in [-0.2, -0.15) is 0 Å². The number of nitrogens with one attached hydrogen (secondary N) is 1. The maximum absolute atomic E-state index is 10.8. The first-order valence-electron chi connectivity index (χ1n) is 7.38. The predicted molar refractivity (Wildman–Crippen MR) is 87.4 cm³/mol. The lowest BCUT2D eigenvalue weighted by Gasteiger charge is -2.09. The first-order valence-corrected chi connectivity index (χ1v) is 7.38. The lowest BCUT2D eigenvalue weighted by atomic mass is 10.1. The Balaban J connectivity index is 0.00000176. The molecular formula is C17H20ClNO3. The second-order valence-corrected chi connectivity index (χ2v) is 5.51. The van der Waals surface area contributed by atoms with Crippen LogP contribution in [0, 0.1) is 0 Å². The lowest BCUT2D eigenvalue weighted by molar-refractivity contribution is 0.0697. The van der Waals surface area contributed by atoms with Gasteiger partial charge in [0.15, 0.2) is 0 Å². The summed E-state index contributed by atoms with van der Waals surface area (Å²) in [5, 5.41) is 12.4. The number of hydrogen-bond donors (Lipinski definition) is 2. The number of benzene rings is 1. The normalized spacial score (nSPS) is 14.7. The van der Waals surface area contributed by atoms with Crippen molar-refractivity contribution in [3.8, 4) is 11.3 Å². The highest BCUT2D eigenvalue weighted by Gasteiger charge is 2.14.